The Morgan fingerprint density at radius 1 is 0.590 bits per heavy atom. The molecule has 1 heterocycles. The first kappa shape index (κ1) is 30.6. The van der Waals surface area contributed by atoms with Gasteiger partial charge in [-0.25, -0.2) is 14.4 Å². The minimum Gasteiger partial charge on any atom is -0.494 e. The second-order valence-corrected chi connectivity index (χ2v) is 10.4. The Morgan fingerprint density at radius 3 is 1.72 bits per heavy atom. The number of ether oxygens (including phenoxy) is 2. The lowest BCUT2D eigenvalue weighted by atomic mass is 10.1. The van der Waals surface area contributed by atoms with Gasteiger partial charge in [0.15, 0.2) is 5.82 Å². The molecule has 0 bridgehead atoms. The zero-order valence-corrected chi connectivity index (χ0v) is 24.0. The maximum atomic E-state index is 14.1. The van der Waals surface area contributed by atoms with Gasteiger partial charge in [0, 0.05) is 23.5 Å². The van der Waals surface area contributed by atoms with Gasteiger partial charge >= 0.3 is 0 Å². The minimum absolute atomic E-state index is 0.105. The maximum Gasteiger partial charge on any atom is 0.159 e. The summed E-state index contributed by atoms with van der Waals surface area (Å²) in [6.45, 7) is 5.30. The van der Waals surface area contributed by atoms with E-state index in [0.717, 1.165) is 48.3 Å². The lowest BCUT2D eigenvalue weighted by Crippen LogP contribution is -2.12. The molecule has 0 radical (unpaired) electrons. The molecule has 2 aromatic carbocycles. The van der Waals surface area contributed by atoms with Crippen LogP contribution in [0.1, 0.15) is 97.3 Å². The van der Waals surface area contributed by atoms with Crippen LogP contribution in [0.2, 0.25) is 0 Å². The van der Waals surface area contributed by atoms with E-state index in [9.17, 15) is 4.39 Å². The van der Waals surface area contributed by atoms with Crippen molar-refractivity contribution in [2.45, 2.75) is 103 Å². The molecule has 39 heavy (non-hydrogen) atoms. The molecule has 0 N–H and O–H groups in total. The lowest BCUT2D eigenvalue weighted by molar-refractivity contribution is 0.184. The molecule has 1 unspecified atom stereocenters. The van der Waals surface area contributed by atoms with Crippen LogP contribution >= 0.6 is 0 Å². The molecule has 0 amide bonds. The molecule has 3 aromatic rings. The number of aromatic nitrogens is 2. The topological polar surface area (TPSA) is 44.2 Å². The summed E-state index contributed by atoms with van der Waals surface area (Å²) in [7, 11) is 0. The van der Waals surface area contributed by atoms with E-state index in [-0.39, 0.29) is 6.61 Å². The summed E-state index contributed by atoms with van der Waals surface area (Å²) in [6, 6.07) is 15.7. The number of unbranched alkanes of at least 4 members (excludes halogenated alkanes) is 10. The molecule has 212 valence electrons. The highest BCUT2D eigenvalue weighted by Gasteiger charge is 2.08. The summed E-state index contributed by atoms with van der Waals surface area (Å²) in [5, 5.41) is 0. The third kappa shape index (κ3) is 11.8. The van der Waals surface area contributed by atoms with Gasteiger partial charge < -0.3 is 9.47 Å². The van der Waals surface area contributed by atoms with Gasteiger partial charge in [0.2, 0.25) is 0 Å². The van der Waals surface area contributed by atoms with Crippen molar-refractivity contribution in [2.75, 3.05) is 13.2 Å². The average Bonchev–Trinajstić information content (AvgIpc) is 2.98. The highest BCUT2D eigenvalue weighted by atomic mass is 19.1. The molecule has 0 fully saturated rings. The largest absolute Gasteiger partial charge is 0.494 e. The Labute approximate surface area is 235 Å². The van der Waals surface area contributed by atoms with Crippen LogP contribution in [0.25, 0.3) is 22.5 Å². The fourth-order valence-electron chi connectivity index (χ4n) is 4.56. The Balaban J connectivity index is 1.40. The third-order valence-electron chi connectivity index (χ3n) is 7.02. The normalized spacial score (nSPS) is 11.9. The molecule has 0 aliphatic carbocycles. The van der Waals surface area contributed by atoms with Gasteiger partial charge in [0.05, 0.1) is 6.61 Å². The molecule has 0 aliphatic rings. The number of hydrogen-bond acceptors (Lipinski definition) is 4. The van der Waals surface area contributed by atoms with Crippen molar-refractivity contribution in [1.82, 2.24) is 9.97 Å². The van der Waals surface area contributed by atoms with Gasteiger partial charge in [-0.05, 0) is 54.8 Å². The Bertz CT molecular complexity index is 1020. The molecule has 0 spiro atoms. The molecule has 5 heteroatoms. The molecule has 1 aromatic heterocycles. The van der Waals surface area contributed by atoms with E-state index in [1.54, 1.807) is 0 Å². The number of nitrogens with zero attached hydrogens (tertiary/aromatic N) is 2. The summed E-state index contributed by atoms with van der Waals surface area (Å²) < 4.78 is 25.7. The van der Waals surface area contributed by atoms with Crippen molar-refractivity contribution in [1.29, 1.82) is 0 Å². The number of alkyl halides is 1. The summed E-state index contributed by atoms with van der Waals surface area (Å²) in [5.74, 6) is 2.25. The zero-order valence-electron chi connectivity index (χ0n) is 24.0. The van der Waals surface area contributed by atoms with Crippen LogP contribution in [0.3, 0.4) is 0 Å². The molecule has 0 saturated heterocycles. The molecule has 0 aliphatic heterocycles. The highest BCUT2D eigenvalue weighted by Crippen LogP contribution is 2.24. The van der Waals surface area contributed by atoms with Crippen LogP contribution in [0.15, 0.2) is 60.9 Å². The third-order valence-corrected chi connectivity index (χ3v) is 7.02. The van der Waals surface area contributed by atoms with Crippen LogP contribution in [-0.2, 0) is 0 Å². The molecular formula is C34H47FN2O2. The molecule has 1 atom stereocenters. The maximum absolute atomic E-state index is 14.1. The van der Waals surface area contributed by atoms with Gasteiger partial charge in [-0.3, -0.25) is 0 Å². The summed E-state index contributed by atoms with van der Waals surface area (Å²) in [5.41, 5.74) is 2.88. The summed E-state index contributed by atoms with van der Waals surface area (Å²) in [4.78, 5) is 9.14. The van der Waals surface area contributed by atoms with Gasteiger partial charge in [0.25, 0.3) is 0 Å². The van der Waals surface area contributed by atoms with E-state index in [1.807, 2.05) is 60.9 Å². The average molecular weight is 535 g/mol. The fourth-order valence-corrected chi connectivity index (χ4v) is 4.56. The number of halogens is 1. The minimum atomic E-state index is -0.919. The van der Waals surface area contributed by atoms with Crippen molar-refractivity contribution < 1.29 is 13.9 Å². The molecule has 4 nitrogen and oxygen atoms in total. The predicted octanol–water partition coefficient (Wildman–Crippen LogP) is 10.0. The highest BCUT2D eigenvalue weighted by molar-refractivity contribution is 5.64. The Hall–Kier alpha value is -2.95. The van der Waals surface area contributed by atoms with Crippen LogP contribution in [0.4, 0.5) is 4.39 Å². The van der Waals surface area contributed by atoms with E-state index in [0.29, 0.717) is 18.0 Å². The van der Waals surface area contributed by atoms with Crippen LogP contribution in [-0.4, -0.2) is 29.4 Å². The predicted molar refractivity (Wildman–Crippen MR) is 160 cm³/mol. The van der Waals surface area contributed by atoms with Crippen molar-refractivity contribution in [3.63, 3.8) is 0 Å². The summed E-state index contributed by atoms with van der Waals surface area (Å²) >= 11 is 0. The van der Waals surface area contributed by atoms with E-state index < -0.39 is 6.17 Å². The first-order chi connectivity index (χ1) is 19.2. The van der Waals surface area contributed by atoms with Crippen molar-refractivity contribution in [3.05, 3.63) is 60.9 Å². The molecular weight excluding hydrogens is 487 g/mol. The standard InChI is InChI=1S/C34H47FN2O2/c1-3-5-7-9-10-12-14-24-38-32-22-18-29(19-23-32)34-36-25-30(26-37-34)28-16-20-33(21-17-28)39-27-31(35)15-13-11-8-6-4-2/h16-23,25-26,31H,3-15,24,27H2,1-2H3. The van der Waals surface area contributed by atoms with Crippen molar-refractivity contribution >= 4 is 0 Å². The van der Waals surface area contributed by atoms with Crippen molar-refractivity contribution in [2.24, 2.45) is 0 Å². The molecule has 0 saturated carbocycles. The van der Waals surface area contributed by atoms with Crippen LogP contribution in [0.5, 0.6) is 11.5 Å². The first-order valence-electron chi connectivity index (χ1n) is 15.1. The zero-order chi connectivity index (χ0) is 27.5. The number of benzene rings is 2. The quantitative estimate of drug-likeness (QED) is 0.135. The van der Waals surface area contributed by atoms with Gasteiger partial charge in [-0.2, -0.15) is 0 Å². The van der Waals surface area contributed by atoms with Crippen LogP contribution < -0.4 is 9.47 Å². The Morgan fingerprint density at radius 2 is 1.10 bits per heavy atom. The van der Waals surface area contributed by atoms with E-state index >= 15 is 0 Å². The van der Waals surface area contributed by atoms with Crippen LogP contribution in [0, 0.1) is 0 Å². The van der Waals surface area contributed by atoms with Gasteiger partial charge in [0.1, 0.15) is 24.3 Å². The van der Waals surface area contributed by atoms with E-state index in [2.05, 4.69) is 23.8 Å². The van der Waals surface area contributed by atoms with Gasteiger partial charge in [-0.1, -0.05) is 96.6 Å². The first-order valence-corrected chi connectivity index (χ1v) is 15.1. The summed E-state index contributed by atoms with van der Waals surface area (Å²) in [6.07, 6.45) is 17.9. The second kappa shape index (κ2) is 18.4. The lowest BCUT2D eigenvalue weighted by Gasteiger charge is -2.11. The number of hydrogen-bond donors (Lipinski definition) is 0. The number of rotatable bonds is 20. The molecule has 3 rings (SSSR count). The Kier molecular flexibility index (Phi) is 14.4. The van der Waals surface area contributed by atoms with Crippen molar-refractivity contribution in [3.8, 4) is 34.0 Å². The monoisotopic (exact) mass is 534 g/mol. The SMILES string of the molecule is CCCCCCCCCOc1ccc(-c2ncc(-c3ccc(OCC(F)CCCCCCC)cc3)cn2)cc1. The van der Waals surface area contributed by atoms with E-state index in [4.69, 9.17) is 9.47 Å². The van der Waals surface area contributed by atoms with Gasteiger partial charge in [-0.15, -0.1) is 0 Å². The smallest absolute Gasteiger partial charge is 0.159 e. The second-order valence-electron chi connectivity index (χ2n) is 10.4. The fraction of sp³-hybridized carbons (Fsp3) is 0.529. The van der Waals surface area contributed by atoms with E-state index in [1.165, 1.54) is 57.8 Å².